The zero-order chi connectivity index (χ0) is 20.5. The average molecular weight is 407 g/mol. The second kappa shape index (κ2) is 7.37. The fourth-order valence-corrected chi connectivity index (χ4v) is 3.34. The number of amides is 3. The van der Waals surface area contributed by atoms with Gasteiger partial charge in [-0.1, -0.05) is 29.8 Å². The Morgan fingerprint density at radius 2 is 1.76 bits per heavy atom. The molecule has 2 aromatic carbocycles. The van der Waals surface area contributed by atoms with Gasteiger partial charge in [0, 0.05) is 29.0 Å². The van der Waals surface area contributed by atoms with Gasteiger partial charge in [-0.15, -0.1) is 0 Å². The highest BCUT2D eigenvalue weighted by atomic mass is 35.5. The number of carbonyl (C=O) groups excluding carboxylic acids is 3. The molecular weight excluding hydrogens is 394 g/mol. The number of carbonyl (C=O) groups is 3. The lowest BCUT2D eigenvalue weighted by Gasteiger charge is -2.14. The van der Waals surface area contributed by atoms with Crippen LogP contribution < -0.4 is 10.0 Å². The summed E-state index contributed by atoms with van der Waals surface area (Å²) in [5.74, 6) is -1.80. The van der Waals surface area contributed by atoms with E-state index in [0.717, 1.165) is 4.90 Å². The predicted octanol–water partition coefficient (Wildman–Crippen LogP) is 2.64. The second-order valence-corrected chi connectivity index (χ2v) is 6.78. The molecule has 0 spiro atoms. The largest absolute Gasteiger partial charge is 0.545 e. The monoisotopic (exact) mass is 406 g/mol. The lowest BCUT2D eigenvalue weighted by Crippen LogP contribution is -2.33. The number of halogens is 1. The van der Waals surface area contributed by atoms with E-state index < -0.39 is 17.9 Å². The second-order valence-electron chi connectivity index (χ2n) is 6.35. The molecular formula is C21H13ClN3O4-. The number of imide groups is 1. The van der Waals surface area contributed by atoms with Crippen molar-refractivity contribution in [3.8, 4) is 5.69 Å². The molecule has 7 nitrogen and oxygen atoms in total. The summed E-state index contributed by atoms with van der Waals surface area (Å²) < 4.78 is 1.73. The van der Waals surface area contributed by atoms with Gasteiger partial charge in [0.2, 0.25) is 0 Å². The number of urea groups is 1. The molecule has 0 aliphatic carbocycles. The van der Waals surface area contributed by atoms with Crippen molar-refractivity contribution in [1.29, 1.82) is 0 Å². The van der Waals surface area contributed by atoms with E-state index in [1.165, 1.54) is 18.2 Å². The van der Waals surface area contributed by atoms with E-state index in [1.54, 1.807) is 53.2 Å². The summed E-state index contributed by atoms with van der Waals surface area (Å²) in [6.07, 6.45) is 1.84. The smallest absolute Gasteiger partial charge is 0.355 e. The quantitative estimate of drug-likeness (QED) is 0.650. The number of hydrogen-bond donors (Lipinski definition) is 0. The van der Waals surface area contributed by atoms with Crippen molar-refractivity contribution in [2.45, 2.75) is 6.42 Å². The molecule has 3 aromatic rings. The number of carboxylic acids is 1. The van der Waals surface area contributed by atoms with Crippen LogP contribution in [0, 0.1) is 0 Å². The van der Waals surface area contributed by atoms with Crippen LogP contribution in [0.25, 0.3) is 5.69 Å². The number of aliphatic imine (C=N–C) groups is 1. The Kier molecular flexibility index (Phi) is 4.74. The number of benzene rings is 2. The summed E-state index contributed by atoms with van der Waals surface area (Å²) in [7, 11) is 0. The number of nitrogens with zero attached hydrogens (tertiary/aromatic N) is 3. The highest BCUT2D eigenvalue weighted by molar-refractivity contribution is 6.54. The average Bonchev–Trinajstić information content (AvgIpc) is 3.26. The van der Waals surface area contributed by atoms with Crippen LogP contribution in [-0.2, 0) is 11.2 Å². The van der Waals surface area contributed by atoms with E-state index in [-0.39, 0.29) is 17.7 Å². The third kappa shape index (κ3) is 3.55. The third-order valence-corrected chi connectivity index (χ3v) is 4.72. The molecule has 4 rings (SSSR count). The van der Waals surface area contributed by atoms with Crippen molar-refractivity contribution in [1.82, 2.24) is 4.57 Å². The van der Waals surface area contributed by atoms with Gasteiger partial charge in [-0.25, -0.2) is 9.69 Å². The molecule has 2 heterocycles. The molecule has 0 saturated carbocycles. The maximum atomic E-state index is 12.8. The Balaban J connectivity index is 1.62. The molecule has 8 heteroatoms. The van der Waals surface area contributed by atoms with Crippen molar-refractivity contribution in [2.24, 2.45) is 4.99 Å². The number of hydrogen-bond acceptors (Lipinski definition) is 4. The number of aromatic nitrogens is 1. The van der Waals surface area contributed by atoms with E-state index in [4.69, 9.17) is 11.6 Å². The number of rotatable bonds is 5. The van der Waals surface area contributed by atoms with Crippen molar-refractivity contribution < 1.29 is 19.5 Å². The molecule has 0 saturated heterocycles. The zero-order valence-corrected chi connectivity index (χ0v) is 15.7. The maximum absolute atomic E-state index is 12.8. The van der Waals surface area contributed by atoms with E-state index in [2.05, 4.69) is 4.99 Å². The molecule has 1 aliphatic heterocycles. The Bertz CT molecular complexity index is 1180. The minimum absolute atomic E-state index is 0.0405. The number of carboxylic acid groups (broad SMARTS) is 1. The molecule has 0 unspecified atom stereocenters. The molecule has 1 aliphatic rings. The van der Waals surface area contributed by atoms with Crippen LogP contribution in [0.2, 0.25) is 5.02 Å². The fourth-order valence-electron chi connectivity index (χ4n) is 3.15. The van der Waals surface area contributed by atoms with Crippen molar-refractivity contribution in [3.63, 3.8) is 0 Å². The van der Waals surface area contributed by atoms with Crippen LogP contribution in [0.4, 0.5) is 10.5 Å². The van der Waals surface area contributed by atoms with Crippen LogP contribution in [0.15, 0.2) is 71.9 Å². The zero-order valence-electron chi connectivity index (χ0n) is 14.9. The first-order valence-electron chi connectivity index (χ1n) is 8.63. The van der Waals surface area contributed by atoms with Crippen molar-refractivity contribution in [2.75, 3.05) is 4.90 Å². The Morgan fingerprint density at radius 1 is 1.00 bits per heavy atom. The molecule has 1 aromatic heterocycles. The standard InChI is InChI=1S/C21H14ClN3O4/c22-14-5-2-7-17(11-14)25-19(26)18(23-21(25)29)12-16-8-3-9-24(16)15-6-1-4-13(10-15)20(27)28/h1-11H,12H2,(H,27,28)/p-1. The van der Waals surface area contributed by atoms with Gasteiger partial charge in [0.05, 0.1) is 11.7 Å². The van der Waals surface area contributed by atoms with Gasteiger partial charge in [0.25, 0.3) is 5.91 Å². The van der Waals surface area contributed by atoms with Crippen LogP contribution in [0.5, 0.6) is 0 Å². The van der Waals surface area contributed by atoms with Gasteiger partial charge < -0.3 is 14.5 Å². The molecule has 3 amide bonds. The lowest BCUT2D eigenvalue weighted by atomic mass is 10.1. The summed E-state index contributed by atoms with van der Waals surface area (Å²) in [5.41, 5.74) is 1.75. The van der Waals surface area contributed by atoms with E-state index in [9.17, 15) is 19.5 Å². The maximum Gasteiger partial charge on any atom is 0.355 e. The SMILES string of the molecule is O=C([O-])c1cccc(-n2cccc2CC2=NC(=O)N(c3cccc(Cl)c3)C2=O)c1. The van der Waals surface area contributed by atoms with Crippen molar-refractivity contribution in [3.05, 3.63) is 83.1 Å². The van der Waals surface area contributed by atoms with E-state index >= 15 is 0 Å². The first kappa shape index (κ1) is 18.6. The number of anilines is 1. The Hall–Kier alpha value is -3.71. The van der Waals surface area contributed by atoms with Crippen LogP contribution >= 0.6 is 11.6 Å². The summed E-state index contributed by atoms with van der Waals surface area (Å²) in [6, 6.07) is 15.5. The predicted molar refractivity (Wildman–Crippen MR) is 106 cm³/mol. The van der Waals surface area contributed by atoms with Crippen molar-refractivity contribution >= 4 is 40.9 Å². The van der Waals surface area contributed by atoms with Gasteiger partial charge in [0.15, 0.2) is 0 Å². The lowest BCUT2D eigenvalue weighted by molar-refractivity contribution is -0.255. The van der Waals surface area contributed by atoms with Gasteiger partial charge in [0.1, 0.15) is 5.71 Å². The topological polar surface area (TPSA) is 94.8 Å². The number of aromatic carboxylic acids is 1. The molecule has 0 atom stereocenters. The molecule has 144 valence electrons. The van der Waals surface area contributed by atoms with Gasteiger partial charge in [-0.2, -0.15) is 4.99 Å². The Morgan fingerprint density at radius 3 is 2.52 bits per heavy atom. The summed E-state index contributed by atoms with van der Waals surface area (Å²) in [5, 5.41) is 11.5. The van der Waals surface area contributed by atoms with E-state index in [0.29, 0.717) is 22.1 Å². The summed E-state index contributed by atoms with van der Waals surface area (Å²) in [4.78, 5) is 41.1. The first-order chi connectivity index (χ1) is 13.9. The van der Waals surface area contributed by atoms with Crippen LogP contribution in [0.3, 0.4) is 0 Å². The minimum Gasteiger partial charge on any atom is -0.545 e. The normalized spacial score (nSPS) is 13.7. The fraction of sp³-hybridized carbons (Fsp3) is 0.0476. The van der Waals surface area contributed by atoms with Gasteiger partial charge in [-0.3, -0.25) is 4.79 Å². The van der Waals surface area contributed by atoms with E-state index in [1.807, 2.05) is 0 Å². The molecule has 0 fully saturated rings. The summed E-state index contributed by atoms with van der Waals surface area (Å²) in [6.45, 7) is 0. The Labute approximate surface area is 170 Å². The van der Waals surface area contributed by atoms with Gasteiger partial charge in [-0.05, 0) is 48.0 Å². The molecule has 0 bridgehead atoms. The summed E-state index contributed by atoms with van der Waals surface area (Å²) >= 11 is 5.96. The highest BCUT2D eigenvalue weighted by Gasteiger charge is 2.34. The third-order valence-electron chi connectivity index (χ3n) is 4.48. The molecule has 0 radical (unpaired) electrons. The molecule has 29 heavy (non-hydrogen) atoms. The van der Waals surface area contributed by atoms with Crippen LogP contribution in [-0.4, -0.2) is 28.2 Å². The minimum atomic E-state index is -1.28. The van der Waals surface area contributed by atoms with Gasteiger partial charge >= 0.3 is 6.03 Å². The molecule has 0 N–H and O–H groups in total. The highest BCUT2D eigenvalue weighted by Crippen LogP contribution is 2.24. The van der Waals surface area contributed by atoms with Crippen LogP contribution in [0.1, 0.15) is 16.1 Å². The first-order valence-corrected chi connectivity index (χ1v) is 9.01.